The molecular weight excluding hydrogens is 936 g/mol. The molecule has 12 bridgehead atoms. The molecule has 396 valence electrons. The average Bonchev–Trinajstić information content (AvgIpc) is 3.33. The van der Waals surface area contributed by atoms with Gasteiger partial charge in [-0.25, -0.2) is 0 Å². The van der Waals surface area contributed by atoms with Crippen LogP contribution >= 0.6 is 0 Å². The van der Waals surface area contributed by atoms with Crippen LogP contribution in [-0.2, 0) is 61.6 Å². The summed E-state index contributed by atoms with van der Waals surface area (Å²) >= 11 is 0. The summed E-state index contributed by atoms with van der Waals surface area (Å²) in [6.45, 7) is -4.42. The molecule has 0 amide bonds. The van der Waals surface area contributed by atoms with Gasteiger partial charge in [-0.05, 0) is 6.92 Å². The van der Waals surface area contributed by atoms with Gasteiger partial charge >= 0.3 is 0 Å². The first-order valence-electron chi connectivity index (χ1n) is 22.1. The molecule has 22 fully saturated rings. The summed E-state index contributed by atoms with van der Waals surface area (Å²) in [5.74, 6) is 0. The van der Waals surface area contributed by atoms with E-state index < -0.39 is 224 Å². The average molecular weight is 1000 g/mol. The van der Waals surface area contributed by atoms with E-state index in [1.807, 2.05) is 0 Å². The van der Waals surface area contributed by atoms with Crippen LogP contribution in [0.5, 0.6) is 0 Å². The molecule has 30 atom stereocenters. The Hall–Kier alpha value is -1.20. The van der Waals surface area contributed by atoms with Crippen LogP contribution in [0, 0.1) is 0 Å². The first kappa shape index (κ1) is 54.6. The van der Waals surface area contributed by atoms with Crippen molar-refractivity contribution in [2.45, 2.75) is 191 Å². The Morgan fingerprint density at radius 1 is 0.265 bits per heavy atom. The van der Waals surface area contributed by atoms with E-state index in [-0.39, 0.29) is 6.61 Å². The van der Waals surface area contributed by atoms with Crippen molar-refractivity contribution in [2.24, 2.45) is 0 Å². The highest BCUT2D eigenvalue weighted by molar-refractivity contribution is 5.01. The van der Waals surface area contributed by atoms with E-state index in [0.29, 0.717) is 0 Å². The van der Waals surface area contributed by atoms with E-state index in [1.165, 1.54) is 6.92 Å². The summed E-state index contributed by atoms with van der Waals surface area (Å²) in [6, 6.07) is 0. The third kappa shape index (κ3) is 10.6. The van der Waals surface area contributed by atoms with E-state index in [2.05, 4.69) is 0 Å². The lowest BCUT2D eigenvalue weighted by molar-refractivity contribution is -0.404. The minimum Gasteiger partial charge on any atom is -0.394 e. The molecule has 0 aromatic heterocycles. The molecule has 22 rings (SSSR count). The second-order valence-corrected chi connectivity index (χ2v) is 17.3. The normalized spacial score (nSPS) is 54.1. The van der Waals surface area contributed by atoms with Crippen LogP contribution in [0.3, 0.4) is 0 Å². The Labute approximate surface area is 385 Å². The SMILES string of the molecule is CCO[C@@H]1[C@@H](O)[C@H]2O[C@H]3[C@H](O)[C@@H](O)[C@@H](O[C@H]4[C@H](O)[C@@H](O)[C@@H](O[C@H]5[C@H](O)[C@@H](O)[C@@H](O[C@H]6[C@H](O)[C@@H](O)[C@@H](O[C@H]7[C@H](O)[C@@H](O)[C@@H](O[C@H]1[C@@H](CO)O2)O[C@@H]7CO)O[C@@H]6CO)O[C@@H]5CO)O[C@@H]4CO)O[C@@H]3CO. The lowest BCUT2D eigenvalue weighted by Gasteiger charge is -2.51. The van der Waals surface area contributed by atoms with Crippen molar-refractivity contribution in [2.75, 3.05) is 46.2 Å². The van der Waals surface area contributed by atoms with Crippen LogP contribution < -0.4 is 0 Å². The summed E-state index contributed by atoms with van der Waals surface area (Å²) in [5.41, 5.74) is 0. The molecule has 0 radical (unpaired) electrons. The maximum atomic E-state index is 11.6. The second kappa shape index (κ2) is 23.3. The second-order valence-electron chi connectivity index (χ2n) is 17.3. The van der Waals surface area contributed by atoms with Crippen LogP contribution in [0.4, 0.5) is 0 Å². The minimum absolute atomic E-state index is 0.131. The number of rotatable bonds is 8. The molecule has 0 aliphatic carbocycles. The van der Waals surface area contributed by atoms with Crippen molar-refractivity contribution in [1.82, 2.24) is 0 Å². The summed E-state index contributed by atoms with van der Waals surface area (Å²) in [6.07, 6.45) is -56.6. The zero-order chi connectivity index (χ0) is 49.5. The zero-order valence-electron chi connectivity index (χ0n) is 36.2. The molecule has 0 aromatic rings. The Morgan fingerprint density at radius 2 is 0.456 bits per heavy atom. The topological polar surface area (TPSA) is 464 Å². The highest BCUT2D eigenvalue weighted by Gasteiger charge is 2.59. The van der Waals surface area contributed by atoms with Gasteiger partial charge < -0.3 is 148 Å². The highest BCUT2D eigenvalue weighted by Crippen LogP contribution is 2.38. The number of aliphatic hydroxyl groups is 17. The maximum Gasteiger partial charge on any atom is 0.187 e. The number of aliphatic hydroxyl groups excluding tert-OH is 17. The molecule has 68 heavy (non-hydrogen) atoms. The molecule has 22 aliphatic heterocycles. The summed E-state index contributed by atoms with van der Waals surface area (Å²) in [5, 5.41) is 186. The van der Waals surface area contributed by atoms with Gasteiger partial charge in [-0.3, -0.25) is 0 Å². The van der Waals surface area contributed by atoms with Crippen molar-refractivity contribution in [3.8, 4) is 0 Å². The lowest BCUT2D eigenvalue weighted by atomic mass is 9.94. The van der Waals surface area contributed by atoms with Crippen LogP contribution in [0.2, 0.25) is 0 Å². The van der Waals surface area contributed by atoms with Gasteiger partial charge in [0.25, 0.3) is 0 Å². The molecule has 0 unspecified atom stereocenters. The lowest BCUT2D eigenvalue weighted by Crippen LogP contribution is -2.69. The predicted octanol–water partition coefficient (Wildman–Crippen LogP) is -12.0. The van der Waals surface area contributed by atoms with Crippen LogP contribution in [0.1, 0.15) is 6.92 Å². The molecule has 17 N–H and O–H groups in total. The maximum absolute atomic E-state index is 11.6. The standard InChI is InChI=1S/C38H64O30/c1-2-56-32-25(55)38-62-14(8-44)31(32)68-37-24(54)19(49)29(12(6-42)61-37)66-35-22(52)17(47)27(10(4-40)59-35)64-33-20(50)15(45)26(9(3-39)57-33)63-34-21(51)16(46)28(11(5-41)58-34)65-36-23(53)18(48)30(67-38)13(7-43)60-36/h9-55H,2-8H2,1H3/t9-,10-,11-,12-,13-,14-,15-,16-,17-,18-,19-,20-,21-,22-,23-,24-,25-,26-,27-,28-,29-,30-,31+,32-,33-,34-,35-,36-,37-,38-/m1/s1. The van der Waals surface area contributed by atoms with Crippen molar-refractivity contribution in [3.05, 3.63) is 0 Å². The van der Waals surface area contributed by atoms with Gasteiger partial charge in [0.1, 0.15) is 146 Å². The third-order valence-electron chi connectivity index (χ3n) is 13.0. The van der Waals surface area contributed by atoms with E-state index in [4.69, 9.17) is 61.6 Å². The number of hydrogen-bond donors (Lipinski definition) is 17. The molecule has 22 heterocycles. The molecule has 0 aromatic carbocycles. The van der Waals surface area contributed by atoms with E-state index in [9.17, 15) is 86.8 Å². The van der Waals surface area contributed by atoms with Gasteiger partial charge in [0, 0.05) is 6.61 Å². The van der Waals surface area contributed by atoms with Crippen LogP contribution in [-0.4, -0.2) is 317 Å². The molecule has 0 spiro atoms. The molecular formula is C38H64O30. The van der Waals surface area contributed by atoms with Gasteiger partial charge in [-0.1, -0.05) is 0 Å². The Kier molecular flexibility index (Phi) is 18.7. The van der Waals surface area contributed by atoms with Crippen LogP contribution in [0.25, 0.3) is 0 Å². The highest BCUT2D eigenvalue weighted by atomic mass is 16.8. The smallest absolute Gasteiger partial charge is 0.187 e. The van der Waals surface area contributed by atoms with Gasteiger partial charge in [-0.2, -0.15) is 0 Å². The molecule has 22 saturated heterocycles. The van der Waals surface area contributed by atoms with Gasteiger partial charge in [0.2, 0.25) is 0 Å². The van der Waals surface area contributed by atoms with E-state index in [1.54, 1.807) is 0 Å². The van der Waals surface area contributed by atoms with Gasteiger partial charge in [0.05, 0.1) is 39.6 Å². The molecule has 22 aliphatic rings. The quantitative estimate of drug-likeness (QED) is 0.107. The first-order valence-corrected chi connectivity index (χ1v) is 22.1. The first-order chi connectivity index (χ1) is 32.5. The van der Waals surface area contributed by atoms with Crippen LogP contribution in [0.15, 0.2) is 0 Å². The fourth-order valence-electron chi connectivity index (χ4n) is 9.30. The van der Waals surface area contributed by atoms with Crippen molar-refractivity contribution >= 4 is 0 Å². The van der Waals surface area contributed by atoms with Gasteiger partial charge in [-0.15, -0.1) is 0 Å². The summed E-state index contributed by atoms with van der Waals surface area (Å²) in [7, 11) is 0. The zero-order valence-corrected chi connectivity index (χ0v) is 36.2. The minimum atomic E-state index is -2.14. The third-order valence-corrected chi connectivity index (χ3v) is 13.0. The number of ether oxygens (including phenoxy) is 13. The Morgan fingerprint density at radius 3 is 0.662 bits per heavy atom. The van der Waals surface area contributed by atoms with Crippen molar-refractivity contribution < 1.29 is 148 Å². The van der Waals surface area contributed by atoms with Crippen molar-refractivity contribution in [1.29, 1.82) is 0 Å². The molecule has 30 nitrogen and oxygen atoms in total. The fourth-order valence-corrected chi connectivity index (χ4v) is 9.30. The van der Waals surface area contributed by atoms with Gasteiger partial charge in [0.15, 0.2) is 37.7 Å². The Bertz CT molecular complexity index is 1550. The summed E-state index contributed by atoms with van der Waals surface area (Å²) in [4.78, 5) is 0. The predicted molar refractivity (Wildman–Crippen MR) is 205 cm³/mol. The molecule has 30 heteroatoms. The molecule has 0 saturated carbocycles. The summed E-state index contributed by atoms with van der Waals surface area (Å²) < 4.78 is 74.7. The monoisotopic (exact) mass is 1000 g/mol. The fraction of sp³-hybridized carbons (Fsp3) is 1.00. The number of hydrogen-bond acceptors (Lipinski definition) is 30. The van der Waals surface area contributed by atoms with E-state index >= 15 is 0 Å². The largest absolute Gasteiger partial charge is 0.394 e. The Balaban J connectivity index is 1.21. The van der Waals surface area contributed by atoms with E-state index in [0.717, 1.165) is 0 Å². The van der Waals surface area contributed by atoms with Crippen molar-refractivity contribution in [3.63, 3.8) is 0 Å².